The summed E-state index contributed by atoms with van der Waals surface area (Å²) in [5.74, 6) is -0.0291. The molecule has 0 bridgehead atoms. The second-order valence-corrected chi connectivity index (χ2v) is 6.05. The van der Waals surface area contributed by atoms with Crippen LogP contribution in [0.3, 0.4) is 0 Å². The van der Waals surface area contributed by atoms with Gasteiger partial charge in [0.2, 0.25) is 0 Å². The van der Waals surface area contributed by atoms with Gasteiger partial charge < -0.3 is 16.0 Å². The number of anilines is 3. The number of rotatable bonds is 4. The molecule has 3 N–H and O–H groups in total. The van der Waals surface area contributed by atoms with E-state index >= 15 is 0 Å². The molecule has 1 aromatic carbocycles. The lowest BCUT2D eigenvalue weighted by atomic mass is 10.2. The Morgan fingerprint density at radius 3 is 2.90 bits per heavy atom. The second-order valence-electron chi connectivity index (χ2n) is 4.64. The summed E-state index contributed by atoms with van der Waals surface area (Å²) in [5.41, 5.74) is 7.45. The van der Waals surface area contributed by atoms with Crippen LogP contribution in [0.25, 0.3) is 0 Å². The molecule has 1 amide bonds. The van der Waals surface area contributed by atoms with Gasteiger partial charge in [0, 0.05) is 24.3 Å². The molecule has 0 aliphatic rings. The number of thiazole rings is 1. The van der Waals surface area contributed by atoms with Crippen molar-refractivity contribution in [2.24, 2.45) is 0 Å². The SMILES string of the molecule is CCN(C)c1nc(N)c(C(=O)Nc2cc(Cl)ccc2C)s1. The van der Waals surface area contributed by atoms with Crippen LogP contribution in [0.2, 0.25) is 5.02 Å². The summed E-state index contributed by atoms with van der Waals surface area (Å²) in [7, 11) is 1.90. The fraction of sp³-hybridized carbons (Fsp3) is 0.286. The molecule has 0 spiro atoms. The number of aromatic nitrogens is 1. The molecule has 2 aromatic rings. The summed E-state index contributed by atoms with van der Waals surface area (Å²) >= 11 is 7.22. The molecule has 2 rings (SSSR count). The van der Waals surface area contributed by atoms with Crippen molar-refractivity contribution in [3.05, 3.63) is 33.7 Å². The summed E-state index contributed by atoms with van der Waals surface area (Å²) in [6.07, 6.45) is 0. The maximum Gasteiger partial charge on any atom is 0.269 e. The van der Waals surface area contributed by atoms with E-state index in [-0.39, 0.29) is 11.7 Å². The molecule has 112 valence electrons. The number of amides is 1. The lowest BCUT2D eigenvalue weighted by molar-refractivity contribution is 0.103. The molecule has 0 aliphatic heterocycles. The van der Waals surface area contributed by atoms with Crippen molar-refractivity contribution in [1.29, 1.82) is 0 Å². The molecule has 0 aliphatic carbocycles. The third-order valence-corrected chi connectivity index (χ3v) is 4.52. The molecule has 1 heterocycles. The zero-order valence-corrected chi connectivity index (χ0v) is 13.7. The van der Waals surface area contributed by atoms with Gasteiger partial charge in [0.25, 0.3) is 5.91 Å². The van der Waals surface area contributed by atoms with E-state index in [1.165, 1.54) is 11.3 Å². The minimum Gasteiger partial charge on any atom is -0.382 e. The van der Waals surface area contributed by atoms with E-state index in [0.717, 1.165) is 17.2 Å². The Balaban J connectivity index is 2.24. The normalized spacial score (nSPS) is 10.5. The minimum absolute atomic E-state index is 0.243. The average Bonchev–Trinajstić information content (AvgIpc) is 2.84. The summed E-state index contributed by atoms with van der Waals surface area (Å²) in [4.78, 5) is 18.9. The molecule has 0 radical (unpaired) electrons. The Morgan fingerprint density at radius 2 is 2.24 bits per heavy atom. The van der Waals surface area contributed by atoms with Gasteiger partial charge in [0.15, 0.2) is 5.13 Å². The van der Waals surface area contributed by atoms with E-state index in [1.54, 1.807) is 12.1 Å². The summed E-state index contributed by atoms with van der Waals surface area (Å²) in [5, 5.41) is 4.12. The Bertz CT molecular complexity index is 671. The van der Waals surface area contributed by atoms with Gasteiger partial charge in [-0.3, -0.25) is 4.79 Å². The van der Waals surface area contributed by atoms with Gasteiger partial charge in [-0.1, -0.05) is 29.0 Å². The van der Waals surface area contributed by atoms with Crippen LogP contribution in [0.4, 0.5) is 16.6 Å². The van der Waals surface area contributed by atoms with Crippen molar-refractivity contribution in [3.63, 3.8) is 0 Å². The van der Waals surface area contributed by atoms with Gasteiger partial charge in [-0.05, 0) is 31.5 Å². The van der Waals surface area contributed by atoms with Crippen molar-refractivity contribution < 1.29 is 4.79 Å². The number of hydrogen-bond acceptors (Lipinski definition) is 5. The Hall–Kier alpha value is -1.79. The molecule has 0 saturated heterocycles. The Morgan fingerprint density at radius 1 is 1.52 bits per heavy atom. The topological polar surface area (TPSA) is 71.2 Å². The van der Waals surface area contributed by atoms with Crippen molar-refractivity contribution in [1.82, 2.24) is 4.98 Å². The number of nitrogens with one attached hydrogen (secondary N) is 1. The largest absolute Gasteiger partial charge is 0.382 e. The monoisotopic (exact) mass is 324 g/mol. The van der Waals surface area contributed by atoms with Crippen LogP contribution in [0.15, 0.2) is 18.2 Å². The van der Waals surface area contributed by atoms with E-state index in [4.69, 9.17) is 17.3 Å². The molecular formula is C14H17ClN4OS. The highest BCUT2D eigenvalue weighted by Crippen LogP contribution is 2.29. The molecule has 7 heteroatoms. The first-order valence-corrected chi connectivity index (χ1v) is 7.66. The van der Waals surface area contributed by atoms with Crippen LogP contribution in [0, 0.1) is 6.92 Å². The first-order chi connectivity index (χ1) is 9.92. The molecule has 0 unspecified atom stereocenters. The summed E-state index contributed by atoms with van der Waals surface area (Å²) in [6.45, 7) is 4.70. The number of nitrogens with zero attached hydrogens (tertiary/aromatic N) is 2. The molecular weight excluding hydrogens is 308 g/mol. The van der Waals surface area contributed by atoms with E-state index in [2.05, 4.69) is 10.3 Å². The number of carbonyl (C=O) groups excluding carboxylic acids is 1. The number of benzene rings is 1. The third-order valence-electron chi connectivity index (χ3n) is 3.10. The molecule has 0 atom stereocenters. The van der Waals surface area contributed by atoms with Crippen molar-refractivity contribution >= 4 is 45.5 Å². The quantitative estimate of drug-likeness (QED) is 0.904. The standard InChI is InChI=1S/C14H17ClN4OS/c1-4-19(3)14-18-12(16)11(21-14)13(20)17-10-7-9(15)6-5-8(10)2/h5-7H,4,16H2,1-3H3,(H,17,20). The van der Waals surface area contributed by atoms with Crippen LogP contribution in [0.1, 0.15) is 22.2 Å². The van der Waals surface area contributed by atoms with Crippen LogP contribution in [-0.4, -0.2) is 24.5 Å². The van der Waals surface area contributed by atoms with Gasteiger partial charge in [-0.2, -0.15) is 0 Å². The van der Waals surface area contributed by atoms with Gasteiger partial charge >= 0.3 is 0 Å². The number of aryl methyl sites for hydroxylation is 1. The Labute approximate surface area is 132 Å². The number of halogens is 1. The maximum atomic E-state index is 12.3. The molecule has 21 heavy (non-hydrogen) atoms. The number of carbonyl (C=O) groups is 1. The zero-order valence-electron chi connectivity index (χ0n) is 12.1. The van der Waals surface area contributed by atoms with E-state index in [1.807, 2.05) is 31.9 Å². The van der Waals surface area contributed by atoms with Crippen LogP contribution in [0.5, 0.6) is 0 Å². The fourth-order valence-electron chi connectivity index (χ4n) is 1.69. The smallest absolute Gasteiger partial charge is 0.269 e. The average molecular weight is 325 g/mol. The molecule has 0 fully saturated rings. The number of nitrogen functional groups attached to an aromatic ring is 1. The third kappa shape index (κ3) is 3.46. The highest BCUT2D eigenvalue weighted by molar-refractivity contribution is 7.18. The first-order valence-electron chi connectivity index (χ1n) is 6.47. The van der Waals surface area contributed by atoms with Crippen molar-refractivity contribution in [2.45, 2.75) is 13.8 Å². The highest BCUT2D eigenvalue weighted by Gasteiger charge is 2.18. The number of nitrogens with two attached hydrogens (primary N) is 1. The van der Waals surface area contributed by atoms with Gasteiger partial charge in [-0.15, -0.1) is 0 Å². The minimum atomic E-state index is -0.272. The first kappa shape index (κ1) is 15.6. The predicted octanol–water partition coefficient (Wildman–Crippen LogP) is 3.40. The molecule has 0 saturated carbocycles. The van der Waals surface area contributed by atoms with Crippen LogP contribution >= 0.6 is 22.9 Å². The van der Waals surface area contributed by atoms with Crippen LogP contribution in [-0.2, 0) is 0 Å². The maximum absolute atomic E-state index is 12.3. The lowest BCUT2D eigenvalue weighted by Crippen LogP contribution is -2.15. The number of hydrogen-bond donors (Lipinski definition) is 2. The zero-order chi connectivity index (χ0) is 15.6. The van der Waals surface area contributed by atoms with Gasteiger partial charge in [0.1, 0.15) is 10.7 Å². The van der Waals surface area contributed by atoms with Crippen molar-refractivity contribution in [2.75, 3.05) is 29.5 Å². The second kappa shape index (κ2) is 6.32. The predicted molar refractivity (Wildman–Crippen MR) is 89.6 cm³/mol. The van der Waals surface area contributed by atoms with Gasteiger partial charge in [0.05, 0.1) is 0 Å². The Kier molecular flexibility index (Phi) is 4.69. The highest BCUT2D eigenvalue weighted by atomic mass is 35.5. The van der Waals surface area contributed by atoms with Crippen molar-refractivity contribution in [3.8, 4) is 0 Å². The molecule has 1 aromatic heterocycles. The van der Waals surface area contributed by atoms with E-state index in [9.17, 15) is 4.79 Å². The van der Waals surface area contributed by atoms with E-state index in [0.29, 0.717) is 15.6 Å². The fourth-order valence-corrected chi connectivity index (χ4v) is 2.77. The summed E-state index contributed by atoms with van der Waals surface area (Å²) < 4.78 is 0. The summed E-state index contributed by atoms with van der Waals surface area (Å²) in [6, 6.07) is 5.34. The van der Waals surface area contributed by atoms with E-state index < -0.39 is 0 Å². The van der Waals surface area contributed by atoms with Gasteiger partial charge in [-0.25, -0.2) is 4.98 Å². The van der Waals surface area contributed by atoms with Crippen LogP contribution < -0.4 is 16.0 Å². The lowest BCUT2D eigenvalue weighted by Gasteiger charge is -2.11. The molecule has 5 nitrogen and oxygen atoms in total.